The largest absolute Gasteiger partial charge is 0.356 e. The highest BCUT2D eigenvalue weighted by Gasteiger charge is 2.20. The van der Waals surface area contributed by atoms with Gasteiger partial charge in [0.1, 0.15) is 5.82 Å². The summed E-state index contributed by atoms with van der Waals surface area (Å²) in [6, 6.07) is 4.73. The van der Waals surface area contributed by atoms with Gasteiger partial charge in [-0.15, -0.1) is 24.0 Å². The number of rotatable bonds is 8. The maximum atomic E-state index is 4.55. The molecule has 1 aliphatic heterocycles. The molecule has 0 unspecified atom stereocenters. The average molecular weight is 488 g/mol. The van der Waals surface area contributed by atoms with E-state index in [0.29, 0.717) is 6.04 Å². The van der Waals surface area contributed by atoms with Crippen LogP contribution in [0.25, 0.3) is 0 Å². The van der Waals surface area contributed by atoms with Crippen molar-refractivity contribution < 1.29 is 0 Å². The fraction of sp³-hybridized carbons (Fsp3) is 0.700. The predicted molar refractivity (Wildman–Crippen MR) is 127 cm³/mol. The van der Waals surface area contributed by atoms with Gasteiger partial charge in [0.15, 0.2) is 5.96 Å². The Labute approximate surface area is 182 Å². The first-order chi connectivity index (χ1) is 12.7. The van der Waals surface area contributed by atoms with Gasteiger partial charge in [-0.3, -0.25) is 4.99 Å². The molecule has 0 spiro atoms. The van der Waals surface area contributed by atoms with Gasteiger partial charge in [0.2, 0.25) is 0 Å². The molecule has 7 heteroatoms. The number of anilines is 1. The number of pyridine rings is 1. The molecule has 154 valence electrons. The quantitative estimate of drug-likeness (QED) is 0.335. The van der Waals surface area contributed by atoms with E-state index in [-0.39, 0.29) is 24.0 Å². The van der Waals surface area contributed by atoms with Crippen molar-refractivity contribution >= 4 is 35.8 Å². The molecule has 1 aromatic rings. The average Bonchev–Trinajstić information content (AvgIpc) is 2.67. The van der Waals surface area contributed by atoms with Gasteiger partial charge in [-0.2, -0.15) is 0 Å². The molecule has 2 N–H and O–H groups in total. The summed E-state index contributed by atoms with van der Waals surface area (Å²) in [6.07, 6.45) is 5.36. The van der Waals surface area contributed by atoms with Crippen LogP contribution in [0, 0.1) is 6.92 Å². The van der Waals surface area contributed by atoms with Crippen molar-refractivity contribution in [3.05, 3.63) is 23.9 Å². The van der Waals surface area contributed by atoms with Crippen LogP contribution in [-0.4, -0.2) is 68.2 Å². The van der Waals surface area contributed by atoms with E-state index in [1.165, 1.54) is 12.0 Å². The lowest BCUT2D eigenvalue weighted by Crippen LogP contribution is -2.50. The van der Waals surface area contributed by atoms with Crippen LogP contribution in [0.2, 0.25) is 0 Å². The third kappa shape index (κ3) is 8.21. The van der Waals surface area contributed by atoms with E-state index in [1.54, 1.807) is 0 Å². The summed E-state index contributed by atoms with van der Waals surface area (Å²) in [4.78, 5) is 13.8. The Balaban J connectivity index is 0.00000364. The first kappa shape index (κ1) is 23.9. The zero-order chi connectivity index (χ0) is 18.8. The van der Waals surface area contributed by atoms with Crippen molar-refractivity contribution in [1.29, 1.82) is 0 Å². The normalized spacial score (nSPS) is 15.6. The zero-order valence-corrected chi connectivity index (χ0v) is 19.7. The minimum Gasteiger partial charge on any atom is -0.356 e. The number of aryl methyl sites for hydroxylation is 1. The van der Waals surface area contributed by atoms with Crippen LogP contribution < -0.4 is 15.5 Å². The van der Waals surface area contributed by atoms with E-state index in [0.717, 1.165) is 63.9 Å². The van der Waals surface area contributed by atoms with Crippen molar-refractivity contribution in [2.24, 2.45) is 4.99 Å². The van der Waals surface area contributed by atoms with Crippen LogP contribution in [-0.2, 0) is 0 Å². The van der Waals surface area contributed by atoms with Crippen molar-refractivity contribution in [2.75, 3.05) is 51.2 Å². The number of hydrogen-bond acceptors (Lipinski definition) is 4. The minimum absolute atomic E-state index is 0. The SMILES string of the molecule is CCCN(CC)CCNC(=NC)NC1CCN(c2ccc(C)cn2)CC1.I. The number of nitrogens with one attached hydrogen (secondary N) is 2. The lowest BCUT2D eigenvalue weighted by molar-refractivity contribution is 0.292. The lowest BCUT2D eigenvalue weighted by Gasteiger charge is -2.34. The molecule has 0 radical (unpaired) electrons. The summed E-state index contributed by atoms with van der Waals surface area (Å²) in [5.41, 5.74) is 1.21. The summed E-state index contributed by atoms with van der Waals surface area (Å²) in [5, 5.41) is 7.04. The van der Waals surface area contributed by atoms with Crippen LogP contribution in [0.4, 0.5) is 5.82 Å². The molecule has 1 aliphatic rings. The molecule has 1 fully saturated rings. The lowest BCUT2D eigenvalue weighted by atomic mass is 10.1. The van der Waals surface area contributed by atoms with Crippen molar-refractivity contribution in [1.82, 2.24) is 20.5 Å². The summed E-state index contributed by atoms with van der Waals surface area (Å²) in [6.45, 7) is 12.8. The summed E-state index contributed by atoms with van der Waals surface area (Å²) in [5.74, 6) is 2.01. The maximum Gasteiger partial charge on any atom is 0.191 e. The van der Waals surface area contributed by atoms with Gasteiger partial charge in [-0.25, -0.2) is 4.98 Å². The first-order valence-corrected chi connectivity index (χ1v) is 10.0. The van der Waals surface area contributed by atoms with Gasteiger partial charge < -0.3 is 20.4 Å². The minimum atomic E-state index is 0. The number of hydrogen-bond donors (Lipinski definition) is 2. The summed E-state index contributed by atoms with van der Waals surface area (Å²) >= 11 is 0. The van der Waals surface area contributed by atoms with Crippen LogP contribution in [0.5, 0.6) is 0 Å². The van der Waals surface area contributed by atoms with Gasteiger partial charge >= 0.3 is 0 Å². The second-order valence-electron chi connectivity index (χ2n) is 7.03. The summed E-state index contributed by atoms with van der Waals surface area (Å²) < 4.78 is 0. The Bertz CT molecular complexity index is 540. The predicted octanol–water partition coefficient (Wildman–Crippen LogP) is 2.87. The Morgan fingerprint density at radius 2 is 2.00 bits per heavy atom. The topological polar surface area (TPSA) is 55.8 Å². The second-order valence-corrected chi connectivity index (χ2v) is 7.03. The van der Waals surface area contributed by atoms with E-state index < -0.39 is 0 Å². The Hall–Kier alpha value is -1.09. The van der Waals surface area contributed by atoms with Gasteiger partial charge in [-0.05, 0) is 50.9 Å². The van der Waals surface area contributed by atoms with E-state index in [2.05, 4.69) is 63.3 Å². The van der Waals surface area contributed by atoms with E-state index in [1.807, 2.05) is 13.2 Å². The first-order valence-electron chi connectivity index (χ1n) is 10.0. The maximum absolute atomic E-state index is 4.55. The number of guanidine groups is 1. The molecule has 27 heavy (non-hydrogen) atoms. The second kappa shape index (κ2) is 13.1. The highest BCUT2D eigenvalue weighted by Crippen LogP contribution is 2.17. The van der Waals surface area contributed by atoms with Crippen LogP contribution in [0.15, 0.2) is 23.3 Å². The number of nitrogens with zero attached hydrogens (tertiary/aromatic N) is 4. The molecule has 0 saturated carbocycles. The molecular formula is C20H37IN6. The number of likely N-dealkylation sites (N-methyl/N-ethyl adjacent to an activating group) is 1. The summed E-state index contributed by atoms with van der Waals surface area (Å²) in [7, 11) is 1.85. The Morgan fingerprint density at radius 3 is 2.56 bits per heavy atom. The molecule has 6 nitrogen and oxygen atoms in total. The monoisotopic (exact) mass is 488 g/mol. The van der Waals surface area contributed by atoms with Crippen molar-refractivity contribution in [3.8, 4) is 0 Å². The molecule has 1 saturated heterocycles. The number of aromatic nitrogens is 1. The molecule has 0 amide bonds. The molecule has 0 aromatic carbocycles. The molecule has 0 atom stereocenters. The molecule has 1 aromatic heterocycles. The Kier molecular flexibility index (Phi) is 11.7. The standard InChI is InChI=1S/C20H36N6.HI/c1-5-12-25(6-2)15-11-22-20(21-4)24-18-9-13-26(14-10-18)19-8-7-17(3)16-23-19;/h7-8,16,18H,5-6,9-15H2,1-4H3,(H2,21,22,24);1H. The van der Waals surface area contributed by atoms with Crippen LogP contribution in [0.1, 0.15) is 38.7 Å². The smallest absolute Gasteiger partial charge is 0.191 e. The van der Waals surface area contributed by atoms with Crippen molar-refractivity contribution in [3.63, 3.8) is 0 Å². The molecule has 2 heterocycles. The fourth-order valence-electron chi connectivity index (χ4n) is 3.36. The zero-order valence-electron chi connectivity index (χ0n) is 17.4. The molecule has 2 rings (SSSR count). The van der Waals surface area contributed by atoms with E-state index >= 15 is 0 Å². The van der Waals surface area contributed by atoms with Crippen molar-refractivity contribution in [2.45, 2.75) is 46.1 Å². The molecule has 0 aliphatic carbocycles. The third-order valence-corrected chi connectivity index (χ3v) is 4.99. The number of halogens is 1. The number of piperidine rings is 1. The van der Waals surface area contributed by atoms with Gasteiger partial charge in [0, 0.05) is 45.5 Å². The highest BCUT2D eigenvalue weighted by molar-refractivity contribution is 14.0. The molecule has 0 bridgehead atoms. The number of aliphatic imine (C=N–C) groups is 1. The van der Waals surface area contributed by atoms with Gasteiger partial charge in [0.05, 0.1) is 0 Å². The van der Waals surface area contributed by atoms with Gasteiger partial charge in [-0.1, -0.05) is 19.9 Å². The fourth-order valence-corrected chi connectivity index (χ4v) is 3.36. The van der Waals surface area contributed by atoms with E-state index in [4.69, 9.17) is 0 Å². The van der Waals surface area contributed by atoms with E-state index in [9.17, 15) is 0 Å². The van der Waals surface area contributed by atoms with Crippen LogP contribution >= 0.6 is 24.0 Å². The molecular weight excluding hydrogens is 451 g/mol. The van der Waals surface area contributed by atoms with Crippen LogP contribution in [0.3, 0.4) is 0 Å². The van der Waals surface area contributed by atoms with Gasteiger partial charge in [0.25, 0.3) is 0 Å². The highest BCUT2D eigenvalue weighted by atomic mass is 127. The Morgan fingerprint density at radius 1 is 1.26 bits per heavy atom. The third-order valence-electron chi connectivity index (χ3n) is 4.99.